The first kappa shape index (κ1) is 22.2. The average molecular weight is 456 g/mol. The second-order valence-electron chi connectivity index (χ2n) is 6.93. The molecule has 1 aliphatic heterocycles. The van der Waals surface area contributed by atoms with Crippen molar-refractivity contribution in [2.75, 3.05) is 13.1 Å². The third kappa shape index (κ3) is 4.79. The number of nitro benzene ring substituents is 1. The molecular weight excluding hydrogens is 434 g/mol. The Morgan fingerprint density at radius 2 is 1.93 bits per heavy atom. The molecule has 0 aliphatic carbocycles. The molecule has 1 aromatic carbocycles. The molecule has 0 radical (unpaired) electrons. The number of rotatable bonds is 7. The number of halogens is 1. The van der Waals surface area contributed by atoms with Crippen LogP contribution >= 0.6 is 11.6 Å². The Labute approximate surface area is 179 Å². The fourth-order valence-corrected chi connectivity index (χ4v) is 4.97. The molecule has 1 aromatic heterocycles. The lowest BCUT2D eigenvalue weighted by Gasteiger charge is -2.30. The number of carbonyl (C=O) groups excluding carboxylic acids is 1. The quantitative estimate of drug-likeness (QED) is 0.503. The maximum Gasteiger partial charge on any atom is 0.269 e. The molecule has 2 aromatic rings. The highest BCUT2D eigenvalue weighted by atomic mass is 35.5. The number of aromatic nitrogens is 2. The van der Waals surface area contributed by atoms with Crippen molar-refractivity contribution in [3.05, 3.63) is 51.3 Å². The zero-order valence-electron chi connectivity index (χ0n) is 16.3. The molecule has 12 heteroatoms. The summed E-state index contributed by atoms with van der Waals surface area (Å²) in [5, 5.41) is 18.3. The van der Waals surface area contributed by atoms with E-state index in [1.807, 2.05) is 6.92 Å². The van der Waals surface area contributed by atoms with Gasteiger partial charge in [-0.2, -0.15) is 9.40 Å². The van der Waals surface area contributed by atoms with Crippen LogP contribution in [0.2, 0.25) is 5.02 Å². The van der Waals surface area contributed by atoms with E-state index in [4.69, 9.17) is 11.6 Å². The summed E-state index contributed by atoms with van der Waals surface area (Å²) in [4.78, 5) is 22.6. The standard InChI is InChI=1S/C18H22ClN5O5S/c1-2-22-12-16(19)17(21-22)11-20-18(25)13-7-9-23(10-8-13)30(28,29)15-5-3-14(4-6-15)24(26)27/h3-6,12-13H,2,7-11H2,1H3,(H,20,25). The van der Waals surface area contributed by atoms with Crippen molar-refractivity contribution >= 4 is 33.2 Å². The van der Waals surface area contributed by atoms with E-state index in [0.29, 0.717) is 30.1 Å². The highest BCUT2D eigenvalue weighted by Crippen LogP contribution is 2.25. The summed E-state index contributed by atoms with van der Waals surface area (Å²) in [7, 11) is -3.77. The van der Waals surface area contributed by atoms with Crippen LogP contribution in [0.4, 0.5) is 5.69 Å². The first-order valence-corrected chi connectivity index (χ1v) is 11.3. The highest BCUT2D eigenvalue weighted by molar-refractivity contribution is 7.89. The molecule has 1 saturated heterocycles. The molecule has 0 atom stereocenters. The van der Waals surface area contributed by atoms with Crippen molar-refractivity contribution < 1.29 is 18.1 Å². The van der Waals surface area contributed by atoms with Crippen LogP contribution in [0, 0.1) is 16.0 Å². The predicted octanol–water partition coefficient (Wildman–Crippen LogP) is 2.18. The summed E-state index contributed by atoms with van der Waals surface area (Å²) in [6.07, 6.45) is 2.47. The molecule has 1 N–H and O–H groups in total. The van der Waals surface area contributed by atoms with Crippen LogP contribution in [0.25, 0.3) is 0 Å². The number of nitro groups is 1. The second-order valence-corrected chi connectivity index (χ2v) is 9.27. The minimum absolute atomic E-state index is 0.00264. The van der Waals surface area contributed by atoms with Crippen molar-refractivity contribution in [2.24, 2.45) is 5.92 Å². The summed E-state index contributed by atoms with van der Waals surface area (Å²) in [5.41, 5.74) is 0.415. The number of amides is 1. The number of carbonyl (C=O) groups is 1. The normalized spacial score (nSPS) is 15.8. The van der Waals surface area contributed by atoms with Crippen LogP contribution < -0.4 is 5.32 Å². The van der Waals surface area contributed by atoms with Gasteiger partial charge < -0.3 is 5.32 Å². The summed E-state index contributed by atoms with van der Waals surface area (Å²) >= 11 is 6.10. The highest BCUT2D eigenvalue weighted by Gasteiger charge is 2.32. The zero-order chi connectivity index (χ0) is 21.9. The maximum absolute atomic E-state index is 12.8. The lowest BCUT2D eigenvalue weighted by molar-refractivity contribution is -0.384. The Balaban J connectivity index is 1.56. The molecule has 0 unspecified atom stereocenters. The van der Waals surface area contributed by atoms with E-state index in [1.54, 1.807) is 10.9 Å². The van der Waals surface area contributed by atoms with Gasteiger partial charge in [-0.05, 0) is 31.9 Å². The summed E-state index contributed by atoms with van der Waals surface area (Å²) in [6, 6.07) is 4.78. The van der Waals surface area contributed by atoms with E-state index >= 15 is 0 Å². The van der Waals surface area contributed by atoms with Crippen molar-refractivity contribution in [3.63, 3.8) is 0 Å². The lowest BCUT2D eigenvalue weighted by Crippen LogP contribution is -2.42. The van der Waals surface area contributed by atoms with E-state index < -0.39 is 14.9 Å². The molecule has 3 rings (SSSR count). The Kier molecular flexibility index (Phi) is 6.74. The van der Waals surface area contributed by atoms with Crippen molar-refractivity contribution in [1.29, 1.82) is 0 Å². The Hall–Kier alpha value is -2.50. The molecule has 2 heterocycles. The maximum atomic E-state index is 12.8. The van der Waals surface area contributed by atoms with Gasteiger partial charge in [0.25, 0.3) is 5.69 Å². The van der Waals surface area contributed by atoms with E-state index in [9.17, 15) is 23.3 Å². The Morgan fingerprint density at radius 3 is 2.47 bits per heavy atom. The van der Waals surface area contributed by atoms with Crippen LogP contribution in [0.5, 0.6) is 0 Å². The van der Waals surface area contributed by atoms with Gasteiger partial charge in [-0.3, -0.25) is 19.6 Å². The lowest BCUT2D eigenvalue weighted by atomic mass is 9.97. The molecule has 0 bridgehead atoms. The number of aryl methyl sites for hydroxylation is 1. The molecule has 0 saturated carbocycles. The molecular formula is C18H22ClN5O5S. The number of nitrogens with one attached hydrogen (secondary N) is 1. The van der Waals surface area contributed by atoms with Crippen molar-refractivity contribution in [2.45, 2.75) is 37.8 Å². The monoisotopic (exact) mass is 455 g/mol. The number of hydrogen-bond acceptors (Lipinski definition) is 6. The summed E-state index contributed by atoms with van der Waals surface area (Å²) < 4.78 is 28.5. The van der Waals surface area contributed by atoms with Crippen LogP contribution in [0.15, 0.2) is 35.4 Å². The minimum atomic E-state index is -3.77. The van der Waals surface area contributed by atoms with Gasteiger partial charge in [0.15, 0.2) is 0 Å². The van der Waals surface area contributed by atoms with Gasteiger partial charge in [-0.25, -0.2) is 8.42 Å². The van der Waals surface area contributed by atoms with Crippen LogP contribution in [-0.4, -0.2) is 46.4 Å². The predicted molar refractivity (Wildman–Crippen MR) is 109 cm³/mol. The summed E-state index contributed by atoms with van der Waals surface area (Å²) in [5.74, 6) is -0.468. The Morgan fingerprint density at radius 1 is 1.30 bits per heavy atom. The van der Waals surface area contributed by atoms with Gasteiger partial charge in [0.05, 0.1) is 21.4 Å². The molecule has 1 fully saturated rings. The van der Waals surface area contributed by atoms with Gasteiger partial charge in [-0.1, -0.05) is 11.6 Å². The van der Waals surface area contributed by atoms with Crippen LogP contribution in [0.1, 0.15) is 25.5 Å². The molecule has 10 nitrogen and oxygen atoms in total. The summed E-state index contributed by atoms with van der Waals surface area (Å²) in [6.45, 7) is 3.22. The van der Waals surface area contributed by atoms with Gasteiger partial charge >= 0.3 is 0 Å². The van der Waals surface area contributed by atoms with E-state index in [1.165, 1.54) is 16.4 Å². The number of piperidine rings is 1. The molecule has 1 aliphatic rings. The van der Waals surface area contributed by atoms with Gasteiger partial charge in [0, 0.05) is 43.9 Å². The topological polar surface area (TPSA) is 127 Å². The largest absolute Gasteiger partial charge is 0.350 e. The van der Waals surface area contributed by atoms with E-state index in [2.05, 4.69) is 10.4 Å². The third-order valence-corrected chi connectivity index (χ3v) is 7.28. The number of benzene rings is 1. The fourth-order valence-electron chi connectivity index (χ4n) is 3.28. The Bertz CT molecular complexity index is 1030. The van der Waals surface area contributed by atoms with Crippen LogP contribution in [0.3, 0.4) is 0 Å². The van der Waals surface area contributed by atoms with Crippen molar-refractivity contribution in [3.8, 4) is 0 Å². The molecule has 30 heavy (non-hydrogen) atoms. The van der Waals surface area contributed by atoms with E-state index in [0.717, 1.165) is 12.1 Å². The van der Waals surface area contributed by atoms with Gasteiger partial charge in [0.2, 0.25) is 15.9 Å². The first-order valence-electron chi connectivity index (χ1n) is 9.46. The van der Waals surface area contributed by atoms with Crippen molar-refractivity contribution in [1.82, 2.24) is 19.4 Å². The zero-order valence-corrected chi connectivity index (χ0v) is 17.9. The molecule has 162 valence electrons. The first-order chi connectivity index (χ1) is 14.2. The number of sulfonamides is 1. The van der Waals surface area contributed by atoms with Gasteiger partial charge in [0.1, 0.15) is 5.69 Å². The number of nitrogens with zero attached hydrogens (tertiary/aromatic N) is 4. The molecule has 1 amide bonds. The smallest absolute Gasteiger partial charge is 0.269 e. The fraction of sp³-hybridized carbons (Fsp3) is 0.444. The number of hydrogen-bond donors (Lipinski definition) is 1. The van der Waals surface area contributed by atoms with Crippen LogP contribution in [-0.2, 0) is 27.9 Å². The minimum Gasteiger partial charge on any atom is -0.350 e. The second kappa shape index (κ2) is 9.11. The molecule has 0 spiro atoms. The third-order valence-electron chi connectivity index (χ3n) is 5.05. The van der Waals surface area contributed by atoms with Gasteiger partial charge in [-0.15, -0.1) is 0 Å². The number of non-ortho nitro benzene ring substituents is 1. The average Bonchev–Trinajstić information content (AvgIpc) is 3.11. The van der Waals surface area contributed by atoms with E-state index in [-0.39, 0.29) is 42.0 Å². The SMILES string of the molecule is CCn1cc(Cl)c(CNC(=O)C2CCN(S(=O)(=O)c3ccc([N+](=O)[O-])cc3)CC2)n1.